The van der Waals surface area contributed by atoms with Gasteiger partial charge in [0.2, 0.25) is 53.2 Å². The van der Waals surface area contributed by atoms with Crippen LogP contribution in [-0.4, -0.2) is 143 Å². The number of primary amides is 1. The quantitative estimate of drug-likeness (QED) is 0.0541. The van der Waals surface area contributed by atoms with Crippen LogP contribution in [0.25, 0.3) is 0 Å². The van der Waals surface area contributed by atoms with Crippen LogP contribution in [0.1, 0.15) is 56.9 Å². The number of thioether (sulfide) groups is 2. The van der Waals surface area contributed by atoms with Gasteiger partial charge >= 0.3 is 0 Å². The van der Waals surface area contributed by atoms with E-state index in [0.29, 0.717) is 23.6 Å². The first-order valence-electron chi connectivity index (χ1n) is 22.0. The molecule has 21 nitrogen and oxygen atoms in total. The summed E-state index contributed by atoms with van der Waals surface area (Å²) in [6.07, 6.45) is -0.233. The molecule has 3 heterocycles. The third kappa shape index (κ3) is 17.5. The number of nitrogens with zero attached hydrogens (tertiary/aromatic N) is 2. The number of halogens is 1. The molecule has 0 radical (unpaired) electrons. The monoisotopic (exact) mass is 1020 g/mol. The van der Waals surface area contributed by atoms with Gasteiger partial charge in [0.25, 0.3) is 0 Å². The molecular weight excluding hydrogens is 960 g/mol. The molecule has 25 heteroatoms. The lowest BCUT2D eigenvalue weighted by Gasteiger charge is -2.30. The van der Waals surface area contributed by atoms with E-state index in [1.807, 2.05) is 0 Å². The van der Waals surface area contributed by atoms with Crippen LogP contribution in [0.2, 0.25) is 5.02 Å². The summed E-state index contributed by atoms with van der Waals surface area (Å²) in [5.41, 5.74) is 17.1. The lowest BCUT2D eigenvalue weighted by molar-refractivity contribution is -0.142. The highest BCUT2D eigenvalue weighted by atomic mass is 35.5. The first kappa shape index (κ1) is 55.0. The van der Waals surface area contributed by atoms with Crippen LogP contribution in [0, 0.1) is 5.92 Å². The number of guanidine groups is 1. The molecule has 0 aliphatic carbocycles. The molecule has 13 N–H and O–H groups in total. The van der Waals surface area contributed by atoms with Gasteiger partial charge in [-0.1, -0.05) is 43.6 Å². The summed E-state index contributed by atoms with van der Waals surface area (Å²) in [7, 11) is 0. The lowest BCUT2D eigenvalue weighted by atomic mass is 10.0. The van der Waals surface area contributed by atoms with Crippen molar-refractivity contribution in [2.75, 3.05) is 36.2 Å². The minimum atomic E-state index is -1.62. The van der Waals surface area contributed by atoms with Crippen LogP contribution in [-0.2, 0) is 56.0 Å². The fraction of sp³-hybridized carbons (Fsp3) is 0.535. The van der Waals surface area contributed by atoms with Gasteiger partial charge in [0.05, 0.1) is 12.3 Å². The number of hydrogen-bond donors (Lipinski definition) is 10. The predicted molar refractivity (Wildman–Crippen MR) is 262 cm³/mol. The molecule has 4 rings (SSSR count). The minimum absolute atomic E-state index is 0.0285. The van der Waals surface area contributed by atoms with Crippen molar-refractivity contribution in [1.29, 1.82) is 0 Å². The maximum absolute atomic E-state index is 14.5. The molecule has 1 aromatic heterocycles. The fourth-order valence-corrected chi connectivity index (χ4v) is 10.1. The Morgan fingerprint density at radius 1 is 0.853 bits per heavy atom. The zero-order valence-electron chi connectivity index (χ0n) is 38.0. The first-order chi connectivity index (χ1) is 32.4. The van der Waals surface area contributed by atoms with Gasteiger partial charge in [-0.05, 0) is 54.8 Å². The number of carbonyl (C=O) groups is 9. The molecule has 2 aromatic rings. The number of thiophene rings is 1. The van der Waals surface area contributed by atoms with Crippen molar-refractivity contribution in [3.05, 3.63) is 57.2 Å². The average Bonchev–Trinajstić information content (AvgIpc) is 4.00. The zero-order valence-corrected chi connectivity index (χ0v) is 41.3. The molecule has 0 spiro atoms. The number of rotatable bonds is 16. The average molecular weight is 1020 g/mol. The molecule has 0 saturated carbocycles. The van der Waals surface area contributed by atoms with E-state index in [-0.39, 0.29) is 61.3 Å². The maximum atomic E-state index is 14.5. The van der Waals surface area contributed by atoms with Crippen LogP contribution in [0.3, 0.4) is 0 Å². The molecule has 68 heavy (non-hydrogen) atoms. The standard InChI is InChI=1S/C43H61ClN12O9S3/c1-4-48-36(59)27(8-5-14-49-43(46)47)51-40(63)32-21-67-22-56(32)42(65)31-20-66-16-13-34(58)50-28(17-24-9-11-25(44)12-10-24)37(60)52-29(18-26-7-6-15-68-26)39(62)55-35(23(2)3)41(64)53-30(19-33(45)57)38(61)54-31/h6-7,9-12,15,23,27-32,35H,4-5,8,13-14,16-22H2,1-3H3,(H2,45,57)(H,48,59)(H,50,58)(H,51,63)(H,52,60)(H,53,64)(H,54,61)(H,55,62)(H4,46,47,49)/t27-,28+,29+,30+,31+,32+,35+/m1/s1. The molecule has 0 bridgehead atoms. The molecule has 7 atom stereocenters. The molecule has 1 aromatic carbocycles. The number of hydrogen-bond acceptors (Lipinski definition) is 13. The van der Waals surface area contributed by atoms with E-state index in [2.05, 4.69) is 42.2 Å². The molecule has 2 saturated heterocycles. The highest BCUT2D eigenvalue weighted by Crippen LogP contribution is 2.24. The topological polar surface area (TPSA) is 331 Å². The summed E-state index contributed by atoms with van der Waals surface area (Å²) in [4.78, 5) is 130. The van der Waals surface area contributed by atoms with Gasteiger partial charge < -0.3 is 59.3 Å². The molecule has 2 fully saturated rings. The second kappa shape index (κ2) is 27.4. The molecule has 2 aliphatic heterocycles. The van der Waals surface area contributed by atoms with Crippen molar-refractivity contribution < 1.29 is 43.2 Å². The smallest absolute Gasteiger partial charge is 0.247 e. The summed E-state index contributed by atoms with van der Waals surface area (Å²) in [6, 6.07) is 1.51. The lowest BCUT2D eigenvalue weighted by Crippen LogP contribution is -2.61. The number of nitrogens with one attached hydrogen (secondary N) is 7. The van der Waals surface area contributed by atoms with Gasteiger partial charge in [-0.15, -0.1) is 23.1 Å². The van der Waals surface area contributed by atoms with Gasteiger partial charge in [0.1, 0.15) is 42.3 Å². The summed E-state index contributed by atoms with van der Waals surface area (Å²) < 4.78 is 0. The van der Waals surface area contributed by atoms with E-state index in [9.17, 15) is 43.2 Å². The van der Waals surface area contributed by atoms with Gasteiger partial charge in [0.15, 0.2) is 5.96 Å². The Morgan fingerprint density at radius 2 is 1.53 bits per heavy atom. The van der Waals surface area contributed by atoms with Gasteiger partial charge in [-0.2, -0.15) is 11.8 Å². The van der Waals surface area contributed by atoms with E-state index < -0.39 is 108 Å². The van der Waals surface area contributed by atoms with Crippen molar-refractivity contribution in [3.63, 3.8) is 0 Å². The highest BCUT2D eigenvalue weighted by Gasteiger charge is 2.41. The molecule has 9 amide bonds. The fourth-order valence-electron chi connectivity index (χ4n) is 7.13. The predicted octanol–water partition coefficient (Wildman–Crippen LogP) is -1.14. The zero-order chi connectivity index (χ0) is 49.9. The van der Waals surface area contributed by atoms with E-state index >= 15 is 0 Å². The van der Waals surface area contributed by atoms with Crippen LogP contribution in [0.5, 0.6) is 0 Å². The van der Waals surface area contributed by atoms with E-state index in [1.165, 1.54) is 28.0 Å². The number of amides is 9. The SMILES string of the molecule is CCNC(=O)[C@@H](CCCN=C(N)N)NC(=O)[C@@H]1CSCN1C(=O)[C@@H]1CSCCC(=O)N[C@@H](Cc2ccc(Cl)cc2)C(=O)N[C@@H](Cc2cccs2)C(=O)N[C@@H](C(C)C)C(=O)N[C@@H](CC(N)=O)C(=O)N1. The Bertz CT molecular complexity index is 2130. The van der Waals surface area contributed by atoms with E-state index in [4.69, 9.17) is 28.8 Å². The highest BCUT2D eigenvalue weighted by molar-refractivity contribution is 7.99. The van der Waals surface area contributed by atoms with E-state index in [0.717, 1.165) is 16.6 Å². The van der Waals surface area contributed by atoms with Crippen molar-refractivity contribution in [1.82, 2.24) is 42.1 Å². The van der Waals surface area contributed by atoms with Gasteiger partial charge in [-0.3, -0.25) is 48.1 Å². The van der Waals surface area contributed by atoms with Crippen LogP contribution in [0.15, 0.2) is 46.8 Å². The summed E-state index contributed by atoms with van der Waals surface area (Å²) in [5.74, 6) is -7.04. The van der Waals surface area contributed by atoms with Crippen LogP contribution >= 0.6 is 46.5 Å². The number of likely N-dealkylation sites (N-methyl/N-ethyl adjacent to an activating group) is 1. The summed E-state index contributed by atoms with van der Waals surface area (Å²) >= 11 is 9.85. The van der Waals surface area contributed by atoms with Crippen molar-refractivity contribution >= 4 is 106 Å². The van der Waals surface area contributed by atoms with Crippen molar-refractivity contribution in [3.8, 4) is 0 Å². The van der Waals surface area contributed by atoms with E-state index in [1.54, 1.807) is 62.5 Å². The second-order valence-electron chi connectivity index (χ2n) is 16.4. The number of aliphatic imine (C=N–C) groups is 1. The number of nitrogens with two attached hydrogens (primary N) is 3. The maximum Gasteiger partial charge on any atom is 0.247 e. The Labute approximate surface area is 412 Å². The number of carbonyl (C=O) groups excluding carboxylic acids is 9. The third-order valence-electron chi connectivity index (χ3n) is 10.7. The Balaban J connectivity index is 1.66. The summed E-state index contributed by atoms with van der Waals surface area (Å²) in [5, 5.41) is 21.1. The molecule has 2 aliphatic rings. The molecule has 0 unspecified atom stereocenters. The van der Waals surface area contributed by atoms with Crippen molar-refractivity contribution in [2.45, 2.75) is 102 Å². The Morgan fingerprint density at radius 3 is 2.18 bits per heavy atom. The Kier molecular flexibility index (Phi) is 22.2. The largest absolute Gasteiger partial charge is 0.370 e. The first-order valence-corrected chi connectivity index (χ1v) is 25.6. The molecule has 372 valence electrons. The number of benzene rings is 1. The summed E-state index contributed by atoms with van der Waals surface area (Å²) in [6.45, 7) is 5.52. The van der Waals surface area contributed by atoms with Gasteiger partial charge in [-0.25, -0.2) is 0 Å². The Hall–Kier alpha value is -5.59. The molecular formula is C43H61ClN12O9S3. The third-order valence-corrected chi connectivity index (χ3v) is 13.9. The normalized spacial score (nSPS) is 22.7. The van der Waals surface area contributed by atoms with Crippen LogP contribution in [0.4, 0.5) is 0 Å². The second-order valence-corrected chi connectivity index (χ2v) is 20.0. The van der Waals surface area contributed by atoms with Gasteiger partial charge in [0, 0.05) is 59.5 Å². The minimum Gasteiger partial charge on any atom is -0.370 e. The van der Waals surface area contributed by atoms with Crippen LogP contribution < -0.4 is 54.4 Å². The van der Waals surface area contributed by atoms with Crippen molar-refractivity contribution in [2.24, 2.45) is 28.1 Å².